The molecule has 0 aliphatic carbocycles. The molecule has 0 aliphatic heterocycles. The van der Waals surface area contributed by atoms with Crippen LogP contribution in [-0.4, -0.2) is 15.0 Å². The van der Waals surface area contributed by atoms with Crippen LogP contribution in [0.25, 0.3) is 98.2 Å². The minimum Gasteiger partial charge on any atom is -0.455 e. The third-order valence-corrected chi connectivity index (χ3v) is 10.4. The van der Waals surface area contributed by atoms with Crippen LogP contribution in [0, 0.1) is 0 Å². The normalized spacial score (nSPS) is 11.8. The molecule has 4 nitrogen and oxygen atoms in total. The van der Waals surface area contributed by atoms with Gasteiger partial charge in [-0.25, -0.2) is 15.0 Å². The maximum Gasteiger partial charge on any atom is 0.167 e. The number of benzene rings is 7. The van der Waals surface area contributed by atoms with Crippen molar-refractivity contribution < 1.29 is 4.42 Å². The topological polar surface area (TPSA) is 51.8 Å². The zero-order valence-electron chi connectivity index (χ0n) is 25.6. The van der Waals surface area contributed by atoms with Gasteiger partial charge in [0.1, 0.15) is 11.2 Å². The summed E-state index contributed by atoms with van der Waals surface area (Å²) in [5.74, 6) is 1.83. The Balaban J connectivity index is 1.21. The standard InChI is InChI=1S/C43H25N3OS/c1-2-10-26(11-3-1)27-20-22-28(23-21-27)41-44-42(46-43(45-41)35-18-9-16-33-31-14-6-7-19-38(31)48-40(33)35)34-17-8-15-32-36-24-29-12-4-5-13-30(29)25-37(36)47-39(32)34/h1-25H. The van der Waals surface area contributed by atoms with Crippen LogP contribution in [-0.2, 0) is 0 Å². The minimum absolute atomic E-state index is 0.578. The van der Waals surface area contributed by atoms with Gasteiger partial charge in [0.25, 0.3) is 0 Å². The minimum atomic E-state index is 0.578. The van der Waals surface area contributed by atoms with E-state index in [0.717, 1.165) is 54.3 Å². The molecule has 0 saturated heterocycles. The first-order valence-corrected chi connectivity index (χ1v) is 16.8. The molecule has 224 valence electrons. The first-order chi connectivity index (χ1) is 23.8. The number of nitrogens with zero attached hydrogens (tertiary/aromatic N) is 3. The average Bonchev–Trinajstić information content (AvgIpc) is 3.72. The summed E-state index contributed by atoms with van der Waals surface area (Å²) in [6.07, 6.45) is 0. The van der Waals surface area contributed by atoms with E-state index in [1.54, 1.807) is 11.3 Å². The Morgan fingerprint density at radius 3 is 1.85 bits per heavy atom. The van der Waals surface area contributed by atoms with Gasteiger partial charge in [-0.3, -0.25) is 0 Å². The van der Waals surface area contributed by atoms with Crippen molar-refractivity contribution in [1.82, 2.24) is 15.0 Å². The summed E-state index contributed by atoms with van der Waals surface area (Å²) in [7, 11) is 0. The molecule has 0 bridgehead atoms. The number of aromatic nitrogens is 3. The fraction of sp³-hybridized carbons (Fsp3) is 0. The number of furan rings is 1. The molecule has 48 heavy (non-hydrogen) atoms. The van der Waals surface area contributed by atoms with Gasteiger partial charge in [-0.2, -0.15) is 0 Å². The number of hydrogen-bond donors (Lipinski definition) is 0. The first-order valence-electron chi connectivity index (χ1n) is 15.9. The van der Waals surface area contributed by atoms with Crippen molar-refractivity contribution in [2.45, 2.75) is 0 Å². The van der Waals surface area contributed by atoms with Crippen LogP contribution in [0.3, 0.4) is 0 Å². The smallest absolute Gasteiger partial charge is 0.167 e. The number of para-hydroxylation sites is 1. The second kappa shape index (κ2) is 10.7. The highest BCUT2D eigenvalue weighted by atomic mass is 32.1. The second-order valence-corrected chi connectivity index (χ2v) is 13.1. The fourth-order valence-electron chi connectivity index (χ4n) is 6.77. The van der Waals surface area contributed by atoms with Crippen molar-refractivity contribution in [3.05, 3.63) is 152 Å². The average molecular weight is 632 g/mol. The van der Waals surface area contributed by atoms with Crippen LogP contribution in [0.15, 0.2) is 156 Å². The zero-order chi connectivity index (χ0) is 31.6. The molecule has 3 aromatic heterocycles. The molecule has 0 aliphatic rings. The van der Waals surface area contributed by atoms with Gasteiger partial charge in [0.2, 0.25) is 0 Å². The Morgan fingerprint density at radius 1 is 0.417 bits per heavy atom. The summed E-state index contributed by atoms with van der Waals surface area (Å²) < 4.78 is 9.02. The highest BCUT2D eigenvalue weighted by molar-refractivity contribution is 7.26. The SMILES string of the molecule is c1ccc(-c2ccc(-c3nc(-c4cccc5c4oc4cc6ccccc6cc45)nc(-c4cccc5c4sc4ccccc45)n3)cc2)cc1. The third kappa shape index (κ3) is 4.33. The lowest BCUT2D eigenvalue weighted by Gasteiger charge is -2.10. The van der Waals surface area contributed by atoms with E-state index < -0.39 is 0 Å². The fourth-order valence-corrected chi connectivity index (χ4v) is 7.98. The summed E-state index contributed by atoms with van der Waals surface area (Å²) in [5, 5.41) is 6.88. The summed E-state index contributed by atoms with van der Waals surface area (Å²) in [6, 6.07) is 52.7. The predicted octanol–water partition coefficient (Wildman–Crippen LogP) is 12.0. The molecular weight excluding hydrogens is 607 g/mol. The summed E-state index contributed by atoms with van der Waals surface area (Å²) in [5.41, 5.74) is 6.67. The Bertz CT molecular complexity index is 2830. The Hall–Kier alpha value is -6.17. The summed E-state index contributed by atoms with van der Waals surface area (Å²) in [4.78, 5) is 15.4. The number of hydrogen-bond acceptors (Lipinski definition) is 5. The van der Waals surface area contributed by atoms with E-state index in [4.69, 9.17) is 19.4 Å². The molecule has 0 N–H and O–H groups in total. The Kier molecular flexibility index (Phi) is 6.01. The zero-order valence-corrected chi connectivity index (χ0v) is 26.4. The van der Waals surface area contributed by atoms with E-state index >= 15 is 0 Å². The molecule has 0 saturated carbocycles. The molecule has 0 unspecified atom stereocenters. The lowest BCUT2D eigenvalue weighted by Crippen LogP contribution is -2.00. The van der Waals surface area contributed by atoms with Crippen LogP contribution in [0.5, 0.6) is 0 Å². The lowest BCUT2D eigenvalue weighted by molar-refractivity contribution is 0.670. The maximum atomic E-state index is 6.61. The van der Waals surface area contributed by atoms with Crippen molar-refractivity contribution in [1.29, 1.82) is 0 Å². The van der Waals surface area contributed by atoms with E-state index in [-0.39, 0.29) is 0 Å². The van der Waals surface area contributed by atoms with Gasteiger partial charge in [-0.05, 0) is 52.2 Å². The van der Waals surface area contributed by atoms with Gasteiger partial charge in [0.05, 0.1) is 5.56 Å². The molecule has 0 atom stereocenters. The van der Waals surface area contributed by atoms with E-state index in [2.05, 4.69) is 140 Å². The van der Waals surface area contributed by atoms with Crippen molar-refractivity contribution in [3.63, 3.8) is 0 Å². The third-order valence-electron chi connectivity index (χ3n) is 9.14. The van der Waals surface area contributed by atoms with Gasteiger partial charge in [-0.1, -0.05) is 121 Å². The largest absolute Gasteiger partial charge is 0.455 e. The van der Waals surface area contributed by atoms with Crippen LogP contribution in [0.2, 0.25) is 0 Å². The molecule has 7 aromatic carbocycles. The Morgan fingerprint density at radius 2 is 1.02 bits per heavy atom. The molecule has 10 rings (SSSR count). The number of thiophene rings is 1. The molecule has 0 radical (unpaired) electrons. The monoisotopic (exact) mass is 631 g/mol. The van der Waals surface area contributed by atoms with Crippen molar-refractivity contribution in [2.75, 3.05) is 0 Å². The highest BCUT2D eigenvalue weighted by Gasteiger charge is 2.20. The van der Waals surface area contributed by atoms with Gasteiger partial charge in [-0.15, -0.1) is 11.3 Å². The maximum absolute atomic E-state index is 6.61. The van der Waals surface area contributed by atoms with Crippen LogP contribution < -0.4 is 0 Å². The van der Waals surface area contributed by atoms with E-state index in [9.17, 15) is 0 Å². The predicted molar refractivity (Wildman–Crippen MR) is 199 cm³/mol. The van der Waals surface area contributed by atoms with Crippen molar-refractivity contribution in [2.24, 2.45) is 0 Å². The van der Waals surface area contributed by atoms with E-state index in [0.29, 0.717) is 17.5 Å². The summed E-state index contributed by atoms with van der Waals surface area (Å²) >= 11 is 1.77. The number of fused-ring (bicyclic) bond motifs is 7. The molecule has 0 amide bonds. The van der Waals surface area contributed by atoms with Gasteiger partial charge < -0.3 is 4.42 Å². The molecule has 0 fully saturated rings. The Labute approximate surface area is 279 Å². The molecular formula is C43H25N3OS. The molecule has 10 aromatic rings. The number of rotatable bonds is 4. The van der Waals surface area contributed by atoms with Crippen LogP contribution in [0.1, 0.15) is 0 Å². The van der Waals surface area contributed by atoms with Gasteiger partial charge in [0, 0.05) is 42.1 Å². The molecule has 3 heterocycles. The van der Waals surface area contributed by atoms with E-state index in [1.807, 2.05) is 12.1 Å². The van der Waals surface area contributed by atoms with Gasteiger partial charge >= 0.3 is 0 Å². The van der Waals surface area contributed by atoms with Crippen molar-refractivity contribution in [3.8, 4) is 45.3 Å². The quantitative estimate of drug-likeness (QED) is 0.194. The molecule has 5 heteroatoms. The highest BCUT2D eigenvalue weighted by Crippen LogP contribution is 2.41. The van der Waals surface area contributed by atoms with Crippen molar-refractivity contribution >= 4 is 64.2 Å². The first kappa shape index (κ1) is 27.0. The van der Waals surface area contributed by atoms with E-state index in [1.165, 1.54) is 26.4 Å². The van der Waals surface area contributed by atoms with Gasteiger partial charge in [0.15, 0.2) is 17.5 Å². The lowest BCUT2D eigenvalue weighted by atomic mass is 10.0. The molecule has 0 spiro atoms. The summed E-state index contributed by atoms with van der Waals surface area (Å²) in [6.45, 7) is 0. The second-order valence-electron chi connectivity index (χ2n) is 12.0. The van der Waals surface area contributed by atoms with Crippen LogP contribution in [0.4, 0.5) is 0 Å². The van der Waals surface area contributed by atoms with Crippen LogP contribution >= 0.6 is 11.3 Å².